The van der Waals surface area contributed by atoms with Gasteiger partial charge in [-0.25, -0.2) is 4.98 Å². The molecule has 1 saturated heterocycles. The van der Waals surface area contributed by atoms with Crippen molar-refractivity contribution in [3.8, 4) is 0 Å². The van der Waals surface area contributed by atoms with Crippen LogP contribution in [0.25, 0.3) is 0 Å². The molecule has 1 N–H and O–H groups in total. The van der Waals surface area contributed by atoms with Crippen molar-refractivity contribution in [3.05, 3.63) is 47.8 Å². The van der Waals surface area contributed by atoms with E-state index in [1.807, 2.05) is 24.7 Å². The molecule has 2 aromatic heterocycles. The quantitative estimate of drug-likeness (QED) is 0.913. The Morgan fingerprint density at radius 1 is 1.35 bits per heavy atom. The second-order valence-corrected chi connectivity index (χ2v) is 5.33. The van der Waals surface area contributed by atoms with Crippen LogP contribution in [0.15, 0.2) is 30.7 Å². The molecule has 0 aliphatic carbocycles. The Morgan fingerprint density at radius 3 is 3.00 bits per heavy atom. The van der Waals surface area contributed by atoms with Gasteiger partial charge in [0.05, 0.1) is 6.04 Å². The van der Waals surface area contributed by atoms with E-state index < -0.39 is 0 Å². The van der Waals surface area contributed by atoms with Crippen molar-refractivity contribution in [2.24, 2.45) is 7.05 Å². The first-order valence-corrected chi connectivity index (χ1v) is 7.08. The van der Waals surface area contributed by atoms with E-state index in [0.717, 1.165) is 37.7 Å². The molecule has 0 saturated carbocycles. The summed E-state index contributed by atoms with van der Waals surface area (Å²) >= 11 is 0. The van der Waals surface area contributed by atoms with Gasteiger partial charge >= 0.3 is 0 Å². The molecule has 0 radical (unpaired) electrons. The van der Waals surface area contributed by atoms with E-state index in [-0.39, 0.29) is 0 Å². The molecule has 0 spiro atoms. The normalized spacial score (nSPS) is 20.2. The average molecular weight is 271 g/mol. The number of hydrogen-bond donors (Lipinski definition) is 1. The zero-order chi connectivity index (χ0) is 13.9. The van der Waals surface area contributed by atoms with Crippen LogP contribution in [0.3, 0.4) is 0 Å². The second-order valence-electron chi connectivity index (χ2n) is 5.33. The van der Waals surface area contributed by atoms with E-state index in [1.165, 1.54) is 5.56 Å². The van der Waals surface area contributed by atoms with Gasteiger partial charge in [0.15, 0.2) is 0 Å². The Kier molecular flexibility index (Phi) is 3.80. The molecule has 0 aromatic carbocycles. The van der Waals surface area contributed by atoms with Crippen molar-refractivity contribution in [1.82, 2.24) is 24.8 Å². The lowest BCUT2D eigenvalue weighted by Gasteiger charge is -2.35. The second kappa shape index (κ2) is 5.73. The van der Waals surface area contributed by atoms with Crippen LogP contribution in [-0.4, -0.2) is 39.1 Å². The van der Waals surface area contributed by atoms with Gasteiger partial charge in [0.2, 0.25) is 0 Å². The van der Waals surface area contributed by atoms with Gasteiger partial charge in [-0.1, -0.05) is 6.07 Å². The van der Waals surface area contributed by atoms with Crippen molar-refractivity contribution in [1.29, 1.82) is 0 Å². The molecule has 106 valence electrons. The highest BCUT2D eigenvalue weighted by Gasteiger charge is 2.26. The highest BCUT2D eigenvalue weighted by molar-refractivity contribution is 5.18. The van der Waals surface area contributed by atoms with E-state index in [2.05, 4.69) is 44.8 Å². The molecule has 5 heteroatoms. The molecular weight excluding hydrogens is 250 g/mol. The summed E-state index contributed by atoms with van der Waals surface area (Å²) in [6.45, 7) is 6.02. The van der Waals surface area contributed by atoms with Crippen LogP contribution in [0.4, 0.5) is 0 Å². The van der Waals surface area contributed by atoms with Gasteiger partial charge in [0.25, 0.3) is 0 Å². The summed E-state index contributed by atoms with van der Waals surface area (Å²) in [5, 5.41) is 3.47. The molecule has 2 aromatic rings. The third kappa shape index (κ3) is 2.59. The summed E-state index contributed by atoms with van der Waals surface area (Å²) in [7, 11) is 2.06. The van der Waals surface area contributed by atoms with Crippen LogP contribution >= 0.6 is 0 Å². The molecular formula is C15H21N5. The maximum absolute atomic E-state index is 4.52. The predicted molar refractivity (Wildman–Crippen MR) is 78.2 cm³/mol. The molecule has 1 aliphatic heterocycles. The Balaban J connectivity index is 1.83. The summed E-state index contributed by atoms with van der Waals surface area (Å²) in [5.41, 5.74) is 2.42. The Bertz CT molecular complexity index is 577. The zero-order valence-corrected chi connectivity index (χ0v) is 12.1. The van der Waals surface area contributed by atoms with Gasteiger partial charge in [-0.2, -0.15) is 0 Å². The Labute approximate surface area is 119 Å². The zero-order valence-electron chi connectivity index (χ0n) is 12.1. The van der Waals surface area contributed by atoms with Crippen LogP contribution in [0, 0.1) is 6.92 Å². The van der Waals surface area contributed by atoms with Gasteiger partial charge < -0.3 is 9.88 Å². The molecule has 3 heterocycles. The van der Waals surface area contributed by atoms with E-state index in [0.29, 0.717) is 6.04 Å². The smallest absolute Gasteiger partial charge is 0.127 e. The number of aromatic nitrogens is 3. The number of imidazole rings is 1. The van der Waals surface area contributed by atoms with Gasteiger partial charge in [-0.3, -0.25) is 9.88 Å². The number of hydrogen-bond acceptors (Lipinski definition) is 4. The minimum absolute atomic E-state index is 0.323. The Hall–Kier alpha value is -1.72. The average Bonchev–Trinajstić information content (AvgIpc) is 2.88. The summed E-state index contributed by atoms with van der Waals surface area (Å²) in [6.07, 6.45) is 5.74. The molecule has 0 amide bonds. The van der Waals surface area contributed by atoms with Crippen molar-refractivity contribution >= 4 is 0 Å². The number of aryl methyl sites for hydroxylation is 2. The van der Waals surface area contributed by atoms with Crippen LogP contribution in [0.2, 0.25) is 0 Å². The molecule has 5 nitrogen and oxygen atoms in total. The van der Waals surface area contributed by atoms with Crippen LogP contribution in [0.5, 0.6) is 0 Å². The van der Waals surface area contributed by atoms with Gasteiger partial charge in [-0.05, 0) is 18.6 Å². The van der Waals surface area contributed by atoms with Crippen molar-refractivity contribution in [2.75, 3.05) is 19.6 Å². The fraction of sp³-hybridized carbons (Fsp3) is 0.467. The number of piperazine rings is 1. The minimum atomic E-state index is 0.323. The highest BCUT2D eigenvalue weighted by Crippen LogP contribution is 2.23. The van der Waals surface area contributed by atoms with E-state index in [1.54, 1.807) is 0 Å². The van der Waals surface area contributed by atoms with E-state index in [9.17, 15) is 0 Å². The third-order valence-corrected chi connectivity index (χ3v) is 4.00. The molecule has 20 heavy (non-hydrogen) atoms. The summed E-state index contributed by atoms with van der Waals surface area (Å²) in [4.78, 5) is 11.4. The maximum atomic E-state index is 4.52. The van der Waals surface area contributed by atoms with Crippen LogP contribution in [-0.2, 0) is 13.6 Å². The van der Waals surface area contributed by atoms with Gasteiger partial charge in [0.1, 0.15) is 5.82 Å². The topological polar surface area (TPSA) is 46.0 Å². The lowest BCUT2D eigenvalue weighted by Crippen LogP contribution is -2.46. The van der Waals surface area contributed by atoms with E-state index in [4.69, 9.17) is 0 Å². The van der Waals surface area contributed by atoms with E-state index >= 15 is 0 Å². The molecule has 1 unspecified atom stereocenters. The third-order valence-electron chi connectivity index (χ3n) is 4.00. The first kappa shape index (κ1) is 13.3. The predicted octanol–water partition coefficient (Wildman–Crippen LogP) is 1.27. The molecule has 1 fully saturated rings. The monoisotopic (exact) mass is 271 g/mol. The van der Waals surface area contributed by atoms with Crippen molar-refractivity contribution < 1.29 is 0 Å². The first-order valence-electron chi connectivity index (χ1n) is 7.08. The van der Waals surface area contributed by atoms with Gasteiger partial charge in [-0.15, -0.1) is 0 Å². The number of nitrogens with one attached hydrogen (secondary N) is 1. The van der Waals surface area contributed by atoms with Crippen molar-refractivity contribution in [3.63, 3.8) is 0 Å². The lowest BCUT2D eigenvalue weighted by atomic mass is 10.1. The van der Waals surface area contributed by atoms with Gasteiger partial charge in [0, 0.05) is 57.5 Å². The fourth-order valence-corrected chi connectivity index (χ4v) is 2.79. The van der Waals surface area contributed by atoms with Crippen LogP contribution in [0.1, 0.15) is 23.1 Å². The number of nitrogens with zero attached hydrogens (tertiary/aromatic N) is 4. The number of pyridine rings is 1. The SMILES string of the molecule is Cc1ncccc1CN1CCNCC1c1nccn1C. The summed E-state index contributed by atoms with van der Waals surface area (Å²) in [5.74, 6) is 1.12. The summed E-state index contributed by atoms with van der Waals surface area (Å²) < 4.78 is 2.11. The fourth-order valence-electron chi connectivity index (χ4n) is 2.79. The van der Waals surface area contributed by atoms with Crippen LogP contribution < -0.4 is 5.32 Å². The molecule has 3 rings (SSSR count). The highest BCUT2D eigenvalue weighted by atomic mass is 15.3. The Morgan fingerprint density at radius 2 is 2.25 bits per heavy atom. The first-order chi connectivity index (χ1) is 9.75. The standard InChI is InChI=1S/C15H21N5/c1-12-13(4-3-5-17-12)11-20-9-6-16-10-14(20)15-18-7-8-19(15)2/h3-5,7-8,14,16H,6,9-11H2,1-2H3. The molecule has 0 bridgehead atoms. The minimum Gasteiger partial charge on any atom is -0.337 e. The largest absolute Gasteiger partial charge is 0.337 e. The van der Waals surface area contributed by atoms with Crippen molar-refractivity contribution in [2.45, 2.75) is 19.5 Å². The maximum Gasteiger partial charge on any atom is 0.127 e. The summed E-state index contributed by atoms with van der Waals surface area (Å²) in [6, 6.07) is 4.50. The molecule has 1 aliphatic rings. The lowest BCUT2D eigenvalue weighted by molar-refractivity contribution is 0.144. The molecule has 1 atom stereocenters. The number of rotatable bonds is 3.